The molecule has 2 N–H and O–H groups in total. The molecular weight excluding hydrogens is 266 g/mol. The van der Waals surface area contributed by atoms with E-state index >= 15 is 0 Å². The Morgan fingerprint density at radius 2 is 2.05 bits per heavy atom. The summed E-state index contributed by atoms with van der Waals surface area (Å²) in [5.41, 5.74) is 0.739. The number of hydrogen-bond donors (Lipinski definition) is 2. The zero-order valence-electron chi connectivity index (χ0n) is 13.5. The van der Waals surface area contributed by atoms with Gasteiger partial charge in [-0.15, -0.1) is 0 Å². The van der Waals surface area contributed by atoms with E-state index in [0.717, 1.165) is 25.7 Å². The van der Waals surface area contributed by atoms with Crippen LogP contribution in [0.1, 0.15) is 52.0 Å². The summed E-state index contributed by atoms with van der Waals surface area (Å²) in [4.78, 5) is 12.0. The summed E-state index contributed by atoms with van der Waals surface area (Å²) in [5, 5.41) is 17.2. The van der Waals surface area contributed by atoms with Gasteiger partial charge >= 0.3 is 0 Å². The lowest BCUT2D eigenvalue weighted by molar-refractivity contribution is -0.117. The Balaban J connectivity index is 2.60. The largest absolute Gasteiger partial charge is 0.383 e. The number of aryl methyl sites for hydroxylation is 1. The van der Waals surface area contributed by atoms with Crippen LogP contribution in [0.3, 0.4) is 0 Å². The minimum Gasteiger partial charge on any atom is -0.383 e. The average molecular weight is 293 g/mol. The summed E-state index contributed by atoms with van der Waals surface area (Å²) >= 11 is 0. The summed E-state index contributed by atoms with van der Waals surface area (Å²) in [6, 6.07) is 0. The lowest BCUT2D eigenvalue weighted by Crippen LogP contribution is -2.37. The SMILES string of the molecule is CCCC(=CC(=O)NCC(C)(O)c1cnn(C)c1)CCC. The molecule has 1 aromatic rings. The van der Waals surface area contributed by atoms with E-state index in [-0.39, 0.29) is 12.5 Å². The quantitative estimate of drug-likeness (QED) is 0.723. The normalized spacial score (nSPS) is 13.6. The van der Waals surface area contributed by atoms with Gasteiger partial charge < -0.3 is 10.4 Å². The molecule has 1 heterocycles. The van der Waals surface area contributed by atoms with Crippen molar-refractivity contribution >= 4 is 5.91 Å². The minimum absolute atomic E-state index is 0.143. The molecule has 5 heteroatoms. The fraction of sp³-hybridized carbons (Fsp3) is 0.625. The van der Waals surface area contributed by atoms with E-state index in [2.05, 4.69) is 24.3 Å². The zero-order valence-corrected chi connectivity index (χ0v) is 13.5. The van der Waals surface area contributed by atoms with Crippen molar-refractivity contribution in [2.24, 2.45) is 7.05 Å². The summed E-state index contributed by atoms with van der Waals surface area (Å²) < 4.78 is 1.63. The van der Waals surface area contributed by atoms with Crippen LogP contribution in [0.25, 0.3) is 0 Å². The summed E-state index contributed by atoms with van der Waals surface area (Å²) in [5.74, 6) is -0.143. The molecule has 118 valence electrons. The Labute approximate surface area is 127 Å². The molecule has 1 amide bonds. The fourth-order valence-corrected chi connectivity index (χ4v) is 2.21. The Morgan fingerprint density at radius 3 is 2.52 bits per heavy atom. The second-order valence-corrected chi connectivity index (χ2v) is 5.70. The summed E-state index contributed by atoms with van der Waals surface area (Å²) in [6.45, 7) is 6.05. The van der Waals surface area contributed by atoms with Gasteiger partial charge in [0.15, 0.2) is 0 Å². The highest BCUT2D eigenvalue weighted by Gasteiger charge is 2.25. The number of rotatable bonds is 8. The molecule has 0 bridgehead atoms. The number of hydrogen-bond acceptors (Lipinski definition) is 3. The van der Waals surface area contributed by atoms with E-state index in [9.17, 15) is 9.90 Å². The van der Waals surface area contributed by atoms with Crippen LogP contribution in [0, 0.1) is 0 Å². The van der Waals surface area contributed by atoms with Crippen LogP contribution in [0.15, 0.2) is 24.0 Å². The molecule has 0 aliphatic rings. The number of aromatic nitrogens is 2. The number of nitrogens with one attached hydrogen (secondary N) is 1. The molecule has 0 aromatic carbocycles. The Hall–Kier alpha value is -1.62. The molecule has 1 atom stereocenters. The molecule has 1 rings (SSSR count). The standard InChI is InChI=1S/C16H27N3O2/c1-5-7-13(8-6-2)9-15(20)17-12-16(3,21)14-10-18-19(4)11-14/h9-11,21H,5-8,12H2,1-4H3,(H,17,20). The Bertz CT molecular complexity index is 481. The number of carbonyl (C=O) groups is 1. The summed E-state index contributed by atoms with van der Waals surface area (Å²) in [6.07, 6.45) is 9.00. The third-order valence-corrected chi connectivity index (χ3v) is 3.41. The van der Waals surface area contributed by atoms with Gasteiger partial charge in [0.05, 0.1) is 12.7 Å². The summed E-state index contributed by atoms with van der Waals surface area (Å²) in [7, 11) is 1.79. The number of amides is 1. The van der Waals surface area contributed by atoms with E-state index in [1.54, 1.807) is 37.1 Å². The molecule has 1 unspecified atom stereocenters. The first-order chi connectivity index (χ1) is 9.89. The molecule has 1 aromatic heterocycles. The monoisotopic (exact) mass is 293 g/mol. The predicted octanol–water partition coefficient (Wildman–Crippen LogP) is 2.27. The highest BCUT2D eigenvalue weighted by Crippen LogP contribution is 2.18. The molecule has 0 aliphatic carbocycles. The van der Waals surface area contributed by atoms with Crippen molar-refractivity contribution in [3.8, 4) is 0 Å². The van der Waals surface area contributed by atoms with Gasteiger partial charge in [0.2, 0.25) is 5.91 Å². The van der Waals surface area contributed by atoms with Crippen molar-refractivity contribution in [3.05, 3.63) is 29.6 Å². The first-order valence-corrected chi connectivity index (χ1v) is 7.57. The lowest BCUT2D eigenvalue weighted by Gasteiger charge is -2.22. The topological polar surface area (TPSA) is 67.2 Å². The molecule has 21 heavy (non-hydrogen) atoms. The molecule has 0 saturated heterocycles. The van der Waals surface area contributed by atoms with Crippen molar-refractivity contribution in [1.82, 2.24) is 15.1 Å². The lowest BCUT2D eigenvalue weighted by atomic mass is 9.99. The Morgan fingerprint density at radius 1 is 1.43 bits per heavy atom. The number of carbonyl (C=O) groups excluding carboxylic acids is 1. The van der Waals surface area contributed by atoms with Gasteiger partial charge in [-0.05, 0) is 19.8 Å². The number of aliphatic hydroxyl groups is 1. The van der Waals surface area contributed by atoms with Crippen molar-refractivity contribution < 1.29 is 9.90 Å². The van der Waals surface area contributed by atoms with Crippen LogP contribution in [0.2, 0.25) is 0 Å². The molecule has 0 radical (unpaired) electrons. The van der Waals surface area contributed by atoms with E-state index in [4.69, 9.17) is 0 Å². The molecule has 0 spiro atoms. The maximum absolute atomic E-state index is 12.0. The highest BCUT2D eigenvalue weighted by molar-refractivity contribution is 5.88. The van der Waals surface area contributed by atoms with Gasteiger partial charge in [0.25, 0.3) is 0 Å². The second-order valence-electron chi connectivity index (χ2n) is 5.70. The van der Waals surface area contributed by atoms with Crippen LogP contribution >= 0.6 is 0 Å². The van der Waals surface area contributed by atoms with Crippen molar-refractivity contribution in [2.45, 2.75) is 52.1 Å². The van der Waals surface area contributed by atoms with Crippen molar-refractivity contribution in [2.75, 3.05) is 6.54 Å². The second kappa shape index (κ2) is 7.98. The predicted molar refractivity (Wildman–Crippen MR) is 83.7 cm³/mol. The molecular formula is C16H27N3O2. The van der Waals surface area contributed by atoms with Crippen molar-refractivity contribution in [3.63, 3.8) is 0 Å². The van der Waals surface area contributed by atoms with Crippen LogP contribution in [0.5, 0.6) is 0 Å². The number of nitrogens with zero attached hydrogens (tertiary/aromatic N) is 2. The first kappa shape index (κ1) is 17.4. The van der Waals surface area contributed by atoms with Crippen LogP contribution < -0.4 is 5.32 Å². The average Bonchev–Trinajstić information content (AvgIpc) is 2.85. The van der Waals surface area contributed by atoms with Crippen LogP contribution in [0.4, 0.5) is 0 Å². The van der Waals surface area contributed by atoms with E-state index in [1.165, 1.54) is 5.57 Å². The van der Waals surface area contributed by atoms with E-state index in [0.29, 0.717) is 5.56 Å². The number of allylic oxidation sites excluding steroid dienone is 1. The molecule has 0 fully saturated rings. The smallest absolute Gasteiger partial charge is 0.244 e. The molecule has 0 saturated carbocycles. The highest BCUT2D eigenvalue weighted by atomic mass is 16.3. The maximum Gasteiger partial charge on any atom is 0.244 e. The van der Waals surface area contributed by atoms with Gasteiger partial charge in [0.1, 0.15) is 5.60 Å². The van der Waals surface area contributed by atoms with Gasteiger partial charge in [0, 0.05) is 24.9 Å². The third-order valence-electron chi connectivity index (χ3n) is 3.41. The van der Waals surface area contributed by atoms with Crippen LogP contribution in [-0.4, -0.2) is 27.3 Å². The fourth-order valence-electron chi connectivity index (χ4n) is 2.21. The molecule has 0 aliphatic heterocycles. The van der Waals surface area contributed by atoms with Crippen molar-refractivity contribution in [1.29, 1.82) is 0 Å². The van der Waals surface area contributed by atoms with E-state index < -0.39 is 5.60 Å². The third kappa shape index (κ3) is 5.71. The van der Waals surface area contributed by atoms with E-state index in [1.807, 2.05) is 0 Å². The first-order valence-electron chi connectivity index (χ1n) is 7.57. The van der Waals surface area contributed by atoms with Gasteiger partial charge in [-0.2, -0.15) is 5.10 Å². The zero-order chi connectivity index (χ0) is 15.9. The Kier molecular flexibility index (Phi) is 6.62. The van der Waals surface area contributed by atoms with Gasteiger partial charge in [-0.3, -0.25) is 9.48 Å². The van der Waals surface area contributed by atoms with Gasteiger partial charge in [-0.25, -0.2) is 0 Å². The molecule has 5 nitrogen and oxygen atoms in total. The minimum atomic E-state index is -1.12. The maximum atomic E-state index is 12.0. The van der Waals surface area contributed by atoms with Gasteiger partial charge in [-0.1, -0.05) is 32.3 Å². The van der Waals surface area contributed by atoms with Crippen LogP contribution in [-0.2, 0) is 17.4 Å².